The van der Waals surface area contributed by atoms with Crippen LogP contribution in [0.1, 0.15) is 57.2 Å². The molecule has 172 valence electrons. The summed E-state index contributed by atoms with van der Waals surface area (Å²) >= 11 is 0. The average molecular weight is 430 g/mol. The molecule has 0 spiro atoms. The summed E-state index contributed by atoms with van der Waals surface area (Å²) < 4.78 is 11.5. The van der Waals surface area contributed by atoms with Crippen molar-refractivity contribution in [1.29, 1.82) is 0 Å². The number of guanidine groups is 1. The zero-order chi connectivity index (χ0) is 22.5. The molecule has 0 aliphatic rings. The summed E-state index contributed by atoms with van der Waals surface area (Å²) in [4.78, 5) is 7.14. The average Bonchev–Trinajstić information content (AvgIpc) is 3.21. The van der Waals surface area contributed by atoms with Gasteiger partial charge >= 0.3 is 0 Å². The highest BCUT2D eigenvalue weighted by Crippen LogP contribution is 2.19. The second kappa shape index (κ2) is 13.7. The molecule has 0 saturated heterocycles. The first kappa shape index (κ1) is 24.7. The van der Waals surface area contributed by atoms with Crippen LogP contribution in [0.2, 0.25) is 0 Å². The number of hydrogen-bond acceptors (Lipinski definition) is 5. The van der Waals surface area contributed by atoms with E-state index in [-0.39, 0.29) is 0 Å². The van der Waals surface area contributed by atoms with Crippen LogP contribution in [0.15, 0.2) is 33.8 Å². The molecule has 1 aromatic heterocycles. The first-order valence-corrected chi connectivity index (χ1v) is 11.6. The lowest BCUT2D eigenvalue weighted by Gasteiger charge is -2.19. The van der Waals surface area contributed by atoms with E-state index in [1.807, 2.05) is 18.2 Å². The smallest absolute Gasteiger partial charge is 0.191 e. The number of hydrogen-bond donors (Lipinski definition) is 2. The van der Waals surface area contributed by atoms with Crippen molar-refractivity contribution < 1.29 is 9.26 Å². The van der Waals surface area contributed by atoms with Crippen LogP contribution in [0.5, 0.6) is 5.75 Å². The van der Waals surface area contributed by atoms with Crippen LogP contribution in [0.4, 0.5) is 0 Å². The Morgan fingerprint density at radius 1 is 1.06 bits per heavy atom. The van der Waals surface area contributed by atoms with Gasteiger partial charge in [0.05, 0.1) is 12.2 Å². The number of nitrogens with zero attached hydrogens (tertiary/aromatic N) is 3. The minimum Gasteiger partial charge on any atom is -0.492 e. The Balaban J connectivity index is 2.03. The van der Waals surface area contributed by atoms with Gasteiger partial charge in [-0.2, -0.15) is 0 Å². The highest BCUT2D eigenvalue weighted by Gasteiger charge is 2.13. The predicted octanol–water partition coefficient (Wildman–Crippen LogP) is 3.78. The maximum Gasteiger partial charge on any atom is 0.191 e. The number of aromatic nitrogens is 1. The van der Waals surface area contributed by atoms with Crippen LogP contribution in [0, 0.1) is 0 Å². The monoisotopic (exact) mass is 429 g/mol. The molecule has 0 saturated carbocycles. The van der Waals surface area contributed by atoms with Gasteiger partial charge in [-0.05, 0) is 32.5 Å². The molecule has 0 bridgehead atoms. The van der Waals surface area contributed by atoms with Crippen LogP contribution in [0.3, 0.4) is 0 Å². The molecule has 7 heteroatoms. The van der Waals surface area contributed by atoms with Crippen molar-refractivity contribution in [2.24, 2.45) is 4.99 Å². The second-order valence-electron chi connectivity index (χ2n) is 7.27. The van der Waals surface area contributed by atoms with Gasteiger partial charge in [0.15, 0.2) is 5.96 Å². The Labute approximate surface area is 187 Å². The molecule has 7 nitrogen and oxygen atoms in total. The van der Waals surface area contributed by atoms with Crippen LogP contribution < -0.4 is 15.4 Å². The van der Waals surface area contributed by atoms with E-state index in [4.69, 9.17) is 14.3 Å². The fourth-order valence-corrected chi connectivity index (χ4v) is 3.42. The van der Waals surface area contributed by atoms with E-state index in [1.54, 1.807) is 0 Å². The van der Waals surface area contributed by atoms with E-state index in [1.165, 1.54) is 0 Å². The summed E-state index contributed by atoms with van der Waals surface area (Å²) in [6.45, 7) is 16.2. The summed E-state index contributed by atoms with van der Waals surface area (Å²) in [7, 11) is 0. The van der Waals surface area contributed by atoms with Gasteiger partial charge in [0, 0.05) is 37.2 Å². The fourth-order valence-electron chi connectivity index (χ4n) is 3.42. The Hall–Kier alpha value is -2.54. The SMILES string of the molecule is CCNC(=NCc1ccccc1OCCN(CC)CC)NCc1c(CC)noc1CC. The highest BCUT2D eigenvalue weighted by molar-refractivity contribution is 5.79. The summed E-state index contributed by atoms with van der Waals surface area (Å²) in [5.41, 5.74) is 3.22. The minimum absolute atomic E-state index is 0.543. The zero-order valence-electron chi connectivity index (χ0n) is 19.8. The van der Waals surface area contributed by atoms with Gasteiger partial charge in [-0.25, -0.2) is 4.99 Å². The minimum atomic E-state index is 0.543. The Morgan fingerprint density at radius 3 is 2.52 bits per heavy atom. The number of aryl methyl sites for hydroxylation is 2. The zero-order valence-corrected chi connectivity index (χ0v) is 19.8. The molecule has 31 heavy (non-hydrogen) atoms. The van der Waals surface area contributed by atoms with E-state index in [2.05, 4.69) is 61.4 Å². The van der Waals surface area contributed by atoms with Crippen molar-refractivity contribution in [1.82, 2.24) is 20.7 Å². The molecule has 0 aliphatic heterocycles. The fraction of sp³-hybridized carbons (Fsp3) is 0.583. The summed E-state index contributed by atoms with van der Waals surface area (Å²) in [5, 5.41) is 10.9. The molecule has 0 aliphatic carbocycles. The first-order valence-electron chi connectivity index (χ1n) is 11.6. The molecule has 2 aromatic rings. The molecule has 0 atom stereocenters. The number of benzene rings is 1. The van der Waals surface area contributed by atoms with Crippen molar-refractivity contribution >= 4 is 5.96 Å². The van der Waals surface area contributed by atoms with Gasteiger partial charge in [0.2, 0.25) is 0 Å². The van der Waals surface area contributed by atoms with Gasteiger partial charge in [-0.1, -0.05) is 51.1 Å². The number of likely N-dealkylation sites (N-methyl/N-ethyl adjacent to an activating group) is 1. The molecule has 1 aromatic carbocycles. The number of rotatable bonds is 13. The van der Waals surface area contributed by atoms with E-state index in [9.17, 15) is 0 Å². The maximum atomic E-state index is 6.07. The lowest BCUT2D eigenvalue weighted by Crippen LogP contribution is -2.37. The molecule has 0 fully saturated rings. The Kier molecular flexibility index (Phi) is 10.9. The van der Waals surface area contributed by atoms with E-state index >= 15 is 0 Å². The van der Waals surface area contributed by atoms with Crippen LogP contribution >= 0.6 is 0 Å². The molecule has 2 rings (SSSR count). The molecule has 0 radical (unpaired) electrons. The van der Waals surface area contributed by atoms with Crippen molar-refractivity contribution in [3.8, 4) is 5.75 Å². The van der Waals surface area contributed by atoms with Crippen molar-refractivity contribution in [3.05, 3.63) is 46.8 Å². The van der Waals surface area contributed by atoms with Crippen molar-refractivity contribution in [2.45, 2.75) is 60.5 Å². The highest BCUT2D eigenvalue weighted by atomic mass is 16.5. The second-order valence-corrected chi connectivity index (χ2v) is 7.27. The molecular formula is C24H39N5O2. The van der Waals surface area contributed by atoms with Gasteiger partial charge in [0.1, 0.15) is 18.1 Å². The Bertz CT molecular complexity index is 778. The molecule has 1 heterocycles. The third-order valence-electron chi connectivity index (χ3n) is 5.32. The summed E-state index contributed by atoms with van der Waals surface area (Å²) in [6.07, 6.45) is 1.68. The van der Waals surface area contributed by atoms with E-state index < -0.39 is 0 Å². The van der Waals surface area contributed by atoms with Gasteiger partial charge in [-0.15, -0.1) is 0 Å². The molecule has 0 amide bonds. The third-order valence-corrected chi connectivity index (χ3v) is 5.32. The third kappa shape index (κ3) is 7.58. The quantitative estimate of drug-likeness (QED) is 0.373. The lowest BCUT2D eigenvalue weighted by molar-refractivity contribution is 0.221. The van der Waals surface area contributed by atoms with Crippen LogP contribution in [-0.2, 0) is 25.9 Å². The molecular weight excluding hydrogens is 390 g/mol. The number of aliphatic imine (C=N–C) groups is 1. The number of nitrogens with one attached hydrogen (secondary N) is 2. The lowest BCUT2D eigenvalue weighted by atomic mass is 10.1. The normalized spacial score (nSPS) is 11.7. The van der Waals surface area contributed by atoms with Gasteiger partial charge in [0.25, 0.3) is 0 Å². The molecule has 2 N–H and O–H groups in total. The first-order chi connectivity index (χ1) is 15.2. The van der Waals surface area contributed by atoms with Gasteiger partial charge in [-0.3, -0.25) is 0 Å². The number of ether oxygens (including phenoxy) is 1. The molecule has 0 unspecified atom stereocenters. The summed E-state index contributed by atoms with van der Waals surface area (Å²) in [6, 6.07) is 8.13. The van der Waals surface area contributed by atoms with Crippen molar-refractivity contribution in [3.63, 3.8) is 0 Å². The van der Waals surface area contributed by atoms with Crippen LogP contribution in [-0.4, -0.2) is 48.8 Å². The van der Waals surface area contributed by atoms with Crippen LogP contribution in [0.25, 0.3) is 0 Å². The van der Waals surface area contributed by atoms with E-state index in [0.717, 1.165) is 73.3 Å². The Morgan fingerprint density at radius 2 is 1.84 bits per heavy atom. The maximum absolute atomic E-state index is 6.07. The van der Waals surface area contributed by atoms with Crippen molar-refractivity contribution in [2.75, 3.05) is 32.8 Å². The topological polar surface area (TPSA) is 74.9 Å². The standard InChI is InChI=1S/C24H39N5O2/c1-6-21-20(22(7-2)31-28-21)18-27-24(25-8-3)26-17-19-13-11-12-14-23(19)30-16-15-29(9-4)10-5/h11-14H,6-10,15-18H2,1-5H3,(H2,25,26,27). The van der Waals surface area contributed by atoms with Gasteiger partial charge < -0.3 is 24.8 Å². The number of para-hydroxylation sites is 1. The largest absolute Gasteiger partial charge is 0.492 e. The predicted molar refractivity (Wildman–Crippen MR) is 127 cm³/mol. The summed E-state index contributed by atoms with van der Waals surface area (Å²) in [5.74, 6) is 2.60. The van der Waals surface area contributed by atoms with E-state index in [0.29, 0.717) is 19.7 Å².